The summed E-state index contributed by atoms with van der Waals surface area (Å²) < 4.78 is 27.3. The monoisotopic (exact) mass is 293 g/mol. The Balaban J connectivity index is 4.53. The third-order valence-corrected chi connectivity index (χ3v) is 4.93. The van der Waals surface area contributed by atoms with E-state index in [1.165, 1.54) is 0 Å². The summed E-state index contributed by atoms with van der Waals surface area (Å²) in [5, 5.41) is 2.74. The summed E-state index contributed by atoms with van der Waals surface area (Å²) in [5.74, 6) is 0.271. The minimum absolute atomic E-state index is 0.0476. The average molecular weight is 293 g/mol. The molecule has 0 aromatic carbocycles. The topological polar surface area (TPSA) is 61.4 Å². The van der Waals surface area contributed by atoms with Gasteiger partial charge in [0.2, 0.25) is 10.0 Å². The summed E-state index contributed by atoms with van der Waals surface area (Å²) in [5.41, 5.74) is 0. The van der Waals surface area contributed by atoms with Crippen molar-refractivity contribution in [2.75, 3.05) is 33.7 Å². The summed E-state index contributed by atoms with van der Waals surface area (Å²) >= 11 is 0. The summed E-state index contributed by atoms with van der Waals surface area (Å²) in [6, 6.07) is -0.0476. The summed E-state index contributed by atoms with van der Waals surface area (Å²) in [6.07, 6.45) is 1.01. The lowest BCUT2D eigenvalue weighted by Crippen LogP contribution is -2.49. The lowest BCUT2D eigenvalue weighted by atomic mass is 10.1. The molecule has 2 atom stereocenters. The van der Waals surface area contributed by atoms with Gasteiger partial charge < -0.3 is 10.2 Å². The first-order chi connectivity index (χ1) is 8.70. The van der Waals surface area contributed by atoms with Crippen LogP contribution in [0.5, 0.6) is 0 Å². The highest BCUT2D eigenvalue weighted by molar-refractivity contribution is 7.90. The van der Waals surface area contributed by atoms with Crippen LogP contribution in [-0.4, -0.2) is 58.3 Å². The third kappa shape index (κ3) is 7.87. The van der Waals surface area contributed by atoms with Crippen molar-refractivity contribution in [1.29, 1.82) is 0 Å². The van der Waals surface area contributed by atoms with Crippen molar-refractivity contribution in [3.63, 3.8) is 0 Å². The molecule has 0 amide bonds. The molecule has 0 saturated heterocycles. The van der Waals surface area contributed by atoms with Gasteiger partial charge in [0.1, 0.15) is 0 Å². The van der Waals surface area contributed by atoms with Crippen molar-refractivity contribution in [2.24, 2.45) is 5.92 Å². The van der Waals surface area contributed by atoms with Crippen LogP contribution in [0.3, 0.4) is 0 Å². The number of hydrogen-bond donors (Lipinski definition) is 2. The van der Waals surface area contributed by atoms with E-state index in [9.17, 15) is 8.42 Å². The molecule has 0 aromatic heterocycles. The van der Waals surface area contributed by atoms with E-state index in [0.717, 1.165) is 13.0 Å². The molecule has 19 heavy (non-hydrogen) atoms. The average Bonchev–Trinajstić information content (AvgIpc) is 2.27. The van der Waals surface area contributed by atoms with Crippen LogP contribution in [0, 0.1) is 5.92 Å². The molecular weight excluding hydrogens is 262 g/mol. The maximum Gasteiger partial charge on any atom is 0.215 e. The van der Waals surface area contributed by atoms with Crippen LogP contribution in [0.1, 0.15) is 34.1 Å². The Morgan fingerprint density at radius 2 is 1.74 bits per heavy atom. The van der Waals surface area contributed by atoms with Gasteiger partial charge in [-0.25, -0.2) is 13.1 Å². The highest BCUT2D eigenvalue weighted by Gasteiger charge is 2.26. The second kappa shape index (κ2) is 8.89. The van der Waals surface area contributed by atoms with Crippen molar-refractivity contribution in [2.45, 2.75) is 45.4 Å². The minimum atomic E-state index is -3.27. The molecule has 0 aromatic rings. The van der Waals surface area contributed by atoms with Gasteiger partial charge in [-0.05, 0) is 39.9 Å². The molecule has 116 valence electrons. The van der Waals surface area contributed by atoms with Crippen LogP contribution in [0.25, 0.3) is 0 Å². The molecule has 0 rings (SSSR count). The molecule has 0 bridgehead atoms. The second-order valence-electron chi connectivity index (χ2n) is 5.79. The van der Waals surface area contributed by atoms with E-state index in [1.807, 2.05) is 32.8 Å². The molecule has 6 heteroatoms. The zero-order valence-corrected chi connectivity index (χ0v) is 14.0. The van der Waals surface area contributed by atoms with Gasteiger partial charge >= 0.3 is 0 Å². The first kappa shape index (κ1) is 18.8. The second-order valence-corrected chi connectivity index (χ2v) is 7.92. The fourth-order valence-corrected chi connectivity index (χ4v) is 3.03. The quantitative estimate of drug-likeness (QED) is 0.587. The maximum absolute atomic E-state index is 12.3. The van der Waals surface area contributed by atoms with Crippen molar-refractivity contribution in [3.8, 4) is 0 Å². The van der Waals surface area contributed by atoms with Gasteiger partial charge in [-0.2, -0.15) is 0 Å². The van der Waals surface area contributed by atoms with E-state index in [-0.39, 0.29) is 12.0 Å². The standard InChI is InChI=1S/C13H31N3O2S/c1-7-8-14-9-12(4)19(17,18)15-13(11(2)3)10-16(5)6/h11-15H,7-10H2,1-6H3. The van der Waals surface area contributed by atoms with Crippen LogP contribution in [0.4, 0.5) is 0 Å². The third-order valence-electron chi connectivity index (χ3n) is 3.07. The first-order valence-corrected chi connectivity index (χ1v) is 8.61. The van der Waals surface area contributed by atoms with Gasteiger partial charge in [-0.1, -0.05) is 20.8 Å². The van der Waals surface area contributed by atoms with E-state index in [2.05, 4.69) is 17.0 Å². The van der Waals surface area contributed by atoms with Gasteiger partial charge in [0.25, 0.3) is 0 Å². The number of likely N-dealkylation sites (N-methyl/N-ethyl adjacent to an activating group) is 1. The van der Waals surface area contributed by atoms with Gasteiger partial charge in [-0.3, -0.25) is 0 Å². The molecule has 0 aliphatic heterocycles. The van der Waals surface area contributed by atoms with E-state index < -0.39 is 15.3 Å². The van der Waals surface area contributed by atoms with Gasteiger partial charge in [0, 0.05) is 19.1 Å². The molecule has 0 saturated carbocycles. The van der Waals surface area contributed by atoms with Crippen molar-refractivity contribution in [3.05, 3.63) is 0 Å². The normalized spacial score (nSPS) is 16.0. The van der Waals surface area contributed by atoms with Gasteiger partial charge in [-0.15, -0.1) is 0 Å². The SMILES string of the molecule is CCCNCC(C)S(=O)(=O)NC(CN(C)C)C(C)C. The summed E-state index contributed by atoms with van der Waals surface area (Å²) in [4.78, 5) is 2.01. The zero-order chi connectivity index (χ0) is 15.1. The molecule has 5 nitrogen and oxygen atoms in total. The predicted octanol–water partition coefficient (Wildman–Crippen LogP) is 0.880. The fraction of sp³-hybridized carbons (Fsp3) is 1.00. The summed E-state index contributed by atoms with van der Waals surface area (Å²) in [7, 11) is 0.639. The highest BCUT2D eigenvalue weighted by atomic mass is 32.2. The van der Waals surface area contributed by atoms with Crippen LogP contribution < -0.4 is 10.0 Å². The maximum atomic E-state index is 12.3. The van der Waals surface area contributed by atoms with E-state index in [1.54, 1.807) is 6.92 Å². The first-order valence-electron chi connectivity index (χ1n) is 7.07. The molecule has 0 spiro atoms. The molecule has 2 N–H and O–H groups in total. The van der Waals surface area contributed by atoms with Crippen molar-refractivity contribution < 1.29 is 8.42 Å². The van der Waals surface area contributed by atoms with Gasteiger partial charge in [0.05, 0.1) is 5.25 Å². The fourth-order valence-electron chi connectivity index (χ4n) is 1.70. The lowest BCUT2D eigenvalue weighted by Gasteiger charge is -2.27. The zero-order valence-electron chi connectivity index (χ0n) is 13.2. The Labute approximate surface area is 119 Å². The lowest BCUT2D eigenvalue weighted by molar-refractivity contribution is 0.313. The summed E-state index contributed by atoms with van der Waals surface area (Å²) in [6.45, 7) is 9.95. The Bertz CT molecular complexity index is 329. The smallest absolute Gasteiger partial charge is 0.215 e. The molecule has 0 radical (unpaired) electrons. The van der Waals surface area contributed by atoms with Crippen LogP contribution >= 0.6 is 0 Å². The van der Waals surface area contributed by atoms with Gasteiger partial charge in [0.15, 0.2) is 0 Å². The van der Waals surface area contributed by atoms with E-state index in [4.69, 9.17) is 0 Å². The predicted molar refractivity (Wildman–Crippen MR) is 81.9 cm³/mol. The van der Waals surface area contributed by atoms with Crippen LogP contribution in [-0.2, 0) is 10.0 Å². The number of nitrogens with one attached hydrogen (secondary N) is 2. The molecular formula is C13H31N3O2S. The van der Waals surface area contributed by atoms with Crippen LogP contribution in [0.2, 0.25) is 0 Å². The molecule has 0 fully saturated rings. The Kier molecular flexibility index (Phi) is 8.81. The number of nitrogens with zero attached hydrogens (tertiary/aromatic N) is 1. The molecule has 2 unspecified atom stereocenters. The van der Waals surface area contributed by atoms with Crippen molar-refractivity contribution in [1.82, 2.24) is 14.9 Å². The number of sulfonamides is 1. The number of rotatable bonds is 10. The minimum Gasteiger partial charge on any atom is -0.315 e. The Morgan fingerprint density at radius 3 is 2.16 bits per heavy atom. The largest absolute Gasteiger partial charge is 0.315 e. The Morgan fingerprint density at radius 1 is 1.16 bits per heavy atom. The van der Waals surface area contributed by atoms with E-state index >= 15 is 0 Å². The molecule has 0 aliphatic rings. The Hall–Kier alpha value is -0.170. The highest BCUT2D eigenvalue weighted by Crippen LogP contribution is 2.07. The molecule has 0 aliphatic carbocycles. The molecule has 0 heterocycles. The number of hydrogen-bond acceptors (Lipinski definition) is 4. The van der Waals surface area contributed by atoms with E-state index in [0.29, 0.717) is 13.1 Å². The van der Waals surface area contributed by atoms with Crippen molar-refractivity contribution >= 4 is 10.0 Å². The van der Waals surface area contributed by atoms with Crippen LogP contribution in [0.15, 0.2) is 0 Å².